The van der Waals surface area contributed by atoms with Crippen LogP contribution in [0.15, 0.2) is 48.5 Å². The van der Waals surface area contributed by atoms with E-state index in [0.717, 1.165) is 42.5 Å². The lowest BCUT2D eigenvalue weighted by Crippen LogP contribution is -2.53. The molecule has 3 fully saturated rings. The number of fused-ring (bicyclic) bond motifs is 4. The molecule has 0 spiro atoms. The molecule has 0 radical (unpaired) electrons. The second-order valence-corrected chi connectivity index (χ2v) is 9.99. The molecule has 1 aromatic heterocycles. The third-order valence-electron chi connectivity index (χ3n) is 7.57. The first-order valence-electron chi connectivity index (χ1n) is 12.2. The largest absolute Gasteiger partial charge is 0.508 e. The zero-order valence-corrected chi connectivity index (χ0v) is 19.2. The van der Waals surface area contributed by atoms with Crippen LogP contribution >= 0.6 is 0 Å². The minimum atomic E-state index is -0.428. The highest BCUT2D eigenvalue weighted by atomic mass is 19.1. The molecule has 3 aliphatic rings. The maximum absolute atomic E-state index is 16.3. The summed E-state index contributed by atoms with van der Waals surface area (Å²) < 4.78 is 16.3. The number of aliphatic hydroxyl groups is 1. The van der Waals surface area contributed by atoms with Crippen molar-refractivity contribution < 1.29 is 14.6 Å². The molecule has 0 aliphatic carbocycles. The van der Waals surface area contributed by atoms with Gasteiger partial charge in [-0.1, -0.05) is 30.3 Å². The smallest absolute Gasteiger partial charge is 0.228 e. The molecule has 178 valence electrons. The number of rotatable bonds is 3. The van der Waals surface area contributed by atoms with Crippen LogP contribution in [-0.2, 0) is 0 Å². The summed E-state index contributed by atoms with van der Waals surface area (Å²) in [6, 6.07) is 15.4. The van der Waals surface area contributed by atoms with Crippen LogP contribution < -0.4 is 15.1 Å². The van der Waals surface area contributed by atoms with Crippen LogP contribution in [0.4, 0.5) is 16.2 Å². The summed E-state index contributed by atoms with van der Waals surface area (Å²) in [5.74, 6) is 0.854. The van der Waals surface area contributed by atoms with E-state index in [-0.39, 0.29) is 11.3 Å². The van der Waals surface area contributed by atoms with E-state index in [1.165, 1.54) is 0 Å². The van der Waals surface area contributed by atoms with Crippen molar-refractivity contribution in [2.45, 2.75) is 31.0 Å². The van der Waals surface area contributed by atoms with Crippen molar-refractivity contribution in [2.24, 2.45) is 0 Å². The molecule has 3 saturated heterocycles. The van der Waals surface area contributed by atoms with Gasteiger partial charge in [-0.05, 0) is 47.4 Å². The molecule has 35 heavy (non-hydrogen) atoms. The standard InChI is InChI=1S/C27H26FN5O2/c28-24-21(23-10-18(34)9-15-3-1-2-4-20(15)23)7-8-22-25(24)30-27(33-13-19(35)14-33)31-26(22)32-11-16-5-6-17(12-32)29-16/h1-4,7-10,16-17,19,29,34-35H,5-6,11-14H2/t16-,17+. The lowest BCUT2D eigenvalue weighted by atomic mass is 9.96. The van der Waals surface area contributed by atoms with Gasteiger partial charge in [0.1, 0.15) is 17.1 Å². The van der Waals surface area contributed by atoms with Crippen LogP contribution in [-0.4, -0.2) is 64.5 Å². The van der Waals surface area contributed by atoms with Gasteiger partial charge >= 0.3 is 0 Å². The van der Waals surface area contributed by atoms with Gasteiger partial charge in [-0.3, -0.25) is 0 Å². The SMILES string of the molecule is Oc1cc(-c2ccc3c(N4C[C@H]5CC[C@@H](C4)N5)nc(N4CC(O)C4)nc3c2F)c2ccccc2c1. The van der Waals surface area contributed by atoms with E-state index in [1.54, 1.807) is 18.2 Å². The van der Waals surface area contributed by atoms with E-state index < -0.39 is 11.9 Å². The van der Waals surface area contributed by atoms with Crippen molar-refractivity contribution >= 4 is 33.4 Å². The van der Waals surface area contributed by atoms with Crippen LogP contribution in [0, 0.1) is 5.82 Å². The molecular weight excluding hydrogens is 445 g/mol. The van der Waals surface area contributed by atoms with Crippen LogP contribution in [0.3, 0.4) is 0 Å². The molecule has 3 aromatic carbocycles. The highest BCUT2D eigenvalue weighted by Gasteiger charge is 2.35. The van der Waals surface area contributed by atoms with Gasteiger partial charge in [-0.2, -0.15) is 4.98 Å². The Morgan fingerprint density at radius 1 is 0.857 bits per heavy atom. The predicted molar refractivity (Wildman–Crippen MR) is 134 cm³/mol. The van der Waals surface area contributed by atoms with E-state index in [2.05, 4.69) is 15.2 Å². The van der Waals surface area contributed by atoms with Crippen molar-refractivity contribution in [1.29, 1.82) is 0 Å². The maximum Gasteiger partial charge on any atom is 0.228 e. The number of anilines is 2. The molecule has 4 heterocycles. The molecule has 0 saturated carbocycles. The van der Waals surface area contributed by atoms with Gasteiger partial charge in [-0.15, -0.1) is 0 Å². The summed E-state index contributed by atoms with van der Waals surface area (Å²) in [6.45, 7) is 2.53. The number of nitrogens with one attached hydrogen (secondary N) is 1. The molecule has 0 unspecified atom stereocenters. The molecule has 2 atom stereocenters. The number of hydrogen-bond acceptors (Lipinski definition) is 7. The quantitative estimate of drug-likeness (QED) is 0.422. The molecule has 2 bridgehead atoms. The lowest BCUT2D eigenvalue weighted by molar-refractivity contribution is 0.140. The summed E-state index contributed by atoms with van der Waals surface area (Å²) >= 11 is 0. The zero-order valence-electron chi connectivity index (χ0n) is 19.2. The lowest BCUT2D eigenvalue weighted by Gasteiger charge is -2.38. The Hall–Kier alpha value is -3.49. The number of aromatic hydroxyl groups is 1. The van der Waals surface area contributed by atoms with Gasteiger partial charge in [0.2, 0.25) is 5.95 Å². The predicted octanol–water partition coefficient (Wildman–Crippen LogP) is 3.42. The Balaban J connectivity index is 1.43. The second kappa shape index (κ2) is 7.76. The normalized spacial score (nSPS) is 22.2. The van der Waals surface area contributed by atoms with Crippen molar-refractivity contribution in [3.8, 4) is 16.9 Å². The highest BCUT2D eigenvalue weighted by molar-refractivity contribution is 6.01. The fourth-order valence-electron chi connectivity index (χ4n) is 5.83. The first-order valence-corrected chi connectivity index (χ1v) is 12.2. The molecule has 3 N–H and O–H groups in total. The van der Waals surface area contributed by atoms with E-state index in [4.69, 9.17) is 4.98 Å². The third kappa shape index (κ3) is 3.39. The summed E-state index contributed by atoms with van der Waals surface area (Å²) in [5, 5.41) is 26.2. The maximum atomic E-state index is 16.3. The van der Waals surface area contributed by atoms with Crippen molar-refractivity contribution in [2.75, 3.05) is 36.0 Å². The summed E-state index contributed by atoms with van der Waals surface area (Å²) in [4.78, 5) is 13.7. The average molecular weight is 472 g/mol. The Kier molecular flexibility index (Phi) is 4.62. The van der Waals surface area contributed by atoms with Gasteiger partial charge in [0.05, 0.1) is 6.10 Å². The number of hydrogen-bond donors (Lipinski definition) is 3. The molecule has 7 nitrogen and oxygen atoms in total. The number of aromatic nitrogens is 2. The average Bonchev–Trinajstić information content (AvgIpc) is 3.18. The minimum absolute atomic E-state index is 0.0909. The number of piperazine rings is 1. The Morgan fingerprint density at radius 2 is 1.63 bits per heavy atom. The van der Waals surface area contributed by atoms with Crippen molar-refractivity contribution in [3.63, 3.8) is 0 Å². The fraction of sp³-hybridized carbons (Fsp3) is 0.333. The monoisotopic (exact) mass is 471 g/mol. The third-order valence-corrected chi connectivity index (χ3v) is 7.57. The first kappa shape index (κ1) is 20.8. The molecule has 7 rings (SSSR count). The summed E-state index contributed by atoms with van der Waals surface area (Å²) in [7, 11) is 0. The van der Waals surface area contributed by atoms with Crippen molar-refractivity contribution in [3.05, 3.63) is 54.3 Å². The summed E-state index contributed by atoms with van der Waals surface area (Å²) in [5.41, 5.74) is 1.28. The summed E-state index contributed by atoms with van der Waals surface area (Å²) in [6.07, 6.45) is 1.86. The van der Waals surface area contributed by atoms with E-state index in [1.807, 2.05) is 35.2 Å². The molecule has 8 heteroatoms. The van der Waals surface area contributed by atoms with Gasteiger partial charge in [-0.25, -0.2) is 9.37 Å². The van der Waals surface area contributed by atoms with Crippen LogP contribution in [0.25, 0.3) is 32.8 Å². The molecular formula is C27H26FN5O2. The zero-order chi connectivity index (χ0) is 23.7. The Labute approximate surface area is 201 Å². The van der Waals surface area contributed by atoms with E-state index in [9.17, 15) is 10.2 Å². The van der Waals surface area contributed by atoms with Gasteiger partial charge in [0.15, 0.2) is 5.82 Å². The Bertz CT molecular complexity index is 1460. The number of phenols is 1. The van der Waals surface area contributed by atoms with Gasteiger partial charge < -0.3 is 25.3 Å². The van der Waals surface area contributed by atoms with Crippen LogP contribution in [0.1, 0.15) is 12.8 Å². The number of benzene rings is 3. The molecule has 0 amide bonds. The minimum Gasteiger partial charge on any atom is -0.508 e. The number of nitrogens with zero attached hydrogens (tertiary/aromatic N) is 4. The number of halogens is 1. The van der Waals surface area contributed by atoms with Crippen LogP contribution in [0.2, 0.25) is 0 Å². The Morgan fingerprint density at radius 3 is 2.40 bits per heavy atom. The number of phenolic OH excluding ortho intramolecular Hbond substituents is 1. The number of aliphatic hydroxyl groups excluding tert-OH is 1. The highest BCUT2D eigenvalue weighted by Crippen LogP contribution is 2.39. The van der Waals surface area contributed by atoms with E-state index >= 15 is 4.39 Å². The topological polar surface area (TPSA) is 84.8 Å². The van der Waals surface area contributed by atoms with Gasteiger partial charge in [0.25, 0.3) is 0 Å². The molecule has 4 aromatic rings. The van der Waals surface area contributed by atoms with Gasteiger partial charge in [0, 0.05) is 49.2 Å². The second-order valence-electron chi connectivity index (χ2n) is 9.99. The first-order chi connectivity index (χ1) is 17.0. The fourth-order valence-corrected chi connectivity index (χ4v) is 5.83. The van der Waals surface area contributed by atoms with E-state index in [0.29, 0.717) is 47.6 Å². The number of β-amino-alcohol motifs (C(OH)–C–C–N with tert-alkyl or cyclic N) is 1. The van der Waals surface area contributed by atoms with Crippen LogP contribution in [0.5, 0.6) is 5.75 Å². The van der Waals surface area contributed by atoms with Crippen molar-refractivity contribution in [1.82, 2.24) is 15.3 Å². The molecule has 3 aliphatic heterocycles.